The van der Waals surface area contributed by atoms with Gasteiger partial charge in [0.25, 0.3) is 0 Å². The van der Waals surface area contributed by atoms with Crippen LogP contribution in [0.2, 0.25) is 0 Å². The van der Waals surface area contributed by atoms with Crippen LogP contribution in [0.4, 0.5) is 0 Å². The van der Waals surface area contributed by atoms with Crippen molar-refractivity contribution in [1.29, 1.82) is 0 Å². The van der Waals surface area contributed by atoms with Gasteiger partial charge in [-0.2, -0.15) is 0 Å². The van der Waals surface area contributed by atoms with Gasteiger partial charge in [-0.05, 0) is 123 Å². The van der Waals surface area contributed by atoms with Crippen LogP contribution in [0.5, 0.6) is 0 Å². The van der Waals surface area contributed by atoms with E-state index in [1.54, 1.807) is 0 Å². The Kier molecular flexibility index (Phi) is 6.17. The summed E-state index contributed by atoms with van der Waals surface area (Å²) in [6.45, 7) is 22.0. The van der Waals surface area contributed by atoms with Crippen LogP contribution in [-0.2, 0) is 9.47 Å². The molecule has 2 aliphatic heterocycles. The molecular formula is C32H56O2. The number of fused-ring (bicyclic) bond motifs is 6. The third-order valence-corrected chi connectivity index (χ3v) is 13.2. The zero-order chi connectivity index (χ0) is 24.6. The molecule has 6 fully saturated rings. The van der Waals surface area contributed by atoms with Gasteiger partial charge in [0.2, 0.25) is 0 Å². The Morgan fingerprint density at radius 1 is 0.441 bits per heavy atom. The second kappa shape index (κ2) is 8.21. The van der Waals surface area contributed by atoms with Gasteiger partial charge >= 0.3 is 0 Å². The molecule has 0 spiro atoms. The van der Waals surface area contributed by atoms with Gasteiger partial charge < -0.3 is 9.47 Å². The van der Waals surface area contributed by atoms with Crippen LogP contribution >= 0.6 is 0 Å². The predicted molar refractivity (Wildman–Crippen MR) is 142 cm³/mol. The van der Waals surface area contributed by atoms with Gasteiger partial charge in [0, 0.05) is 13.2 Å². The monoisotopic (exact) mass is 472 g/mol. The Morgan fingerprint density at radius 2 is 0.824 bits per heavy atom. The average molecular weight is 473 g/mol. The van der Waals surface area contributed by atoms with E-state index in [0.29, 0.717) is 21.7 Å². The highest BCUT2D eigenvalue weighted by molar-refractivity contribution is 5.10. The van der Waals surface area contributed by atoms with Gasteiger partial charge in [0.15, 0.2) is 0 Å². The van der Waals surface area contributed by atoms with E-state index in [9.17, 15) is 0 Å². The first-order valence-corrected chi connectivity index (χ1v) is 15.0. The topological polar surface area (TPSA) is 18.5 Å². The molecule has 0 N–H and O–H groups in total. The average Bonchev–Trinajstić information content (AvgIpc) is 3.31. The van der Waals surface area contributed by atoms with E-state index in [-0.39, 0.29) is 11.2 Å². The van der Waals surface area contributed by atoms with Crippen LogP contribution in [0.25, 0.3) is 0 Å². The molecule has 196 valence electrons. The molecule has 2 saturated heterocycles. The standard InChI is InChI=1S/2C16H28O/c2*1-14(2)8-5-9-15(3)12(14)6-10-16(4)13(15)7-11-17-16/h2*12-13H,5-11H2,1-4H3/t12-,13+,15-,16+;/m0./s1. The summed E-state index contributed by atoms with van der Waals surface area (Å²) < 4.78 is 12.3. The summed E-state index contributed by atoms with van der Waals surface area (Å²) in [6.07, 6.45) is 16.5. The minimum absolute atomic E-state index is 0.207. The van der Waals surface area contributed by atoms with E-state index in [1.165, 1.54) is 77.0 Å². The third kappa shape index (κ3) is 3.77. The van der Waals surface area contributed by atoms with Crippen LogP contribution < -0.4 is 0 Å². The number of ether oxygens (including phenoxy) is 2. The van der Waals surface area contributed by atoms with Crippen molar-refractivity contribution >= 4 is 0 Å². The van der Waals surface area contributed by atoms with Crippen molar-refractivity contribution in [1.82, 2.24) is 0 Å². The molecule has 4 aliphatic carbocycles. The summed E-state index contributed by atoms with van der Waals surface area (Å²) in [6, 6.07) is 0. The Bertz CT molecular complexity index is 699. The second-order valence-corrected chi connectivity index (χ2v) is 15.9. The van der Waals surface area contributed by atoms with Crippen molar-refractivity contribution in [2.75, 3.05) is 13.2 Å². The van der Waals surface area contributed by atoms with Crippen LogP contribution in [-0.4, -0.2) is 24.4 Å². The summed E-state index contributed by atoms with van der Waals surface area (Å²) in [4.78, 5) is 0. The summed E-state index contributed by atoms with van der Waals surface area (Å²) in [5.74, 6) is 3.47. The molecule has 6 rings (SSSR count). The largest absolute Gasteiger partial charge is 0.375 e. The maximum absolute atomic E-state index is 6.13. The Labute approximate surface area is 211 Å². The van der Waals surface area contributed by atoms with Crippen molar-refractivity contribution in [2.45, 2.75) is 144 Å². The molecule has 0 bridgehead atoms. The molecular weight excluding hydrogens is 416 g/mol. The molecule has 0 radical (unpaired) electrons. The van der Waals surface area contributed by atoms with E-state index >= 15 is 0 Å². The molecule has 0 aromatic carbocycles. The first kappa shape index (κ1) is 25.6. The fraction of sp³-hybridized carbons (Fsp3) is 1.00. The van der Waals surface area contributed by atoms with E-state index in [0.717, 1.165) is 36.9 Å². The molecule has 0 aromatic heterocycles. The van der Waals surface area contributed by atoms with Gasteiger partial charge in [0.05, 0.1) is 11.2 Å². The number of hydrogen-bond acceptors (Lipinski definition) is 2. The van der Waals surface area contributed by atoms with E-state index in [4.69, 9.17) is 9.47 Å². The normalized spacial score (nSPS) is 52.9. The van der Waals surface area contributed by atoms with E-state index < -0.39 is 0 Å². The molecule has 2 heteroatoms. The Hall–Kier alpha value is -0.0800. The SMILES string of the molecule is CC1(C)CCCC2(C)C1CCC1(C)OCCC12.CC1(C)CCC[C@]2(C)[C@H]3CCO[C@]3(C)CC[C@@H]12. The lowest BCUT2D eigenvalue weighted by molar-refractivity contribution is -0.147. The van der Waals surface area contributed by atoms with Crippen molar-refractivity contribution in [3.05, 3.63) is 0 Å². The summed E-state index contributed by atoms with van der Waals surface area (Å²) in [5, 5.41) is 0. The smallest absolute Gasteiger partial charge is 0.0688 e. The molecule has 34 heavy (non-hydrogen) atoms. The predicted octanol–water partition coefficient (Wildman–Crippen LogP) is 8.82. The number of hydrogen-bond donors (Lipinski definition) is 0. The van der Waals surface area contributed by atoms with Crippen molar-refractivity contribution in [3.63, 3.8) is 0 Å². The van der Waals surface area contributed by atoms with Crippen LogP contribution in [0, 0.1) is 45.3 Å². The van der Waals surface area contributed by atoms with E-state index in [1.807, 2.05) is 0 Å². The molecule has 6 aliphatic rings. The van der Waals surface area contributed by atoms with Gasteiger partial charge in [0.1, 0.15) is 0 Å². The first-order valence-electron chi connectivity index (χ1n) is 15.0. The molecule has 0 amide bonds. The van der Waals surface area contributed by atoms with Gasteiger partial charge in [-0.3, -0.25) is 0 Å². The maximum atomic E-state index is 6.13. The molecule has 4 saturated carbocycles. The van der Waals surface area contributed by atoms with Gasteiger partial charge in [-0.25, -0.2) is 0 Å². The minimum atomic E-state index is 0.207. The first-order chi connectivity index (χ1) is 15.8. The highest BCUT2D eigenvalue weighted by atomic mass is 16.5. The molecule has 0 aromatic rings. The fourth-order valence-electron chi connectivity index (χ4n) is 11.6. The third-order valence-electron chi connectivity index (χ3n) is 13.2. The van der Waals surface area contributed by atoms with E-state index in [2.05, 4.69) is 55.4 Å². The van der Waals surface area contributed by atoms with Gasteiger partial charge in [-0.15, -0.1) is 0 Å². The molecule has 2 heterocycles. The Morgan fingerprint density at radius 3 is 1.21 bits per heavy atom. The zero-order valence-electron chi connectivity index (χ0n) is 24.0. The maximum Gasteiger partial charge on any atom is 0.0688 e. The van der Waals surface area contributed by atoms with Crippen LogP contribution in [0.15, 0.2) is 0 Å². The highest BCUT2D eigenvalue weighted by Crippen LogP contribution is 2.66. The van der Waals surface area contributed by atoms with Crippen molar-refractivity contribution in [3.8, 4) is 0 Å². The minimum Gasteiger partial charge on any atom is -0.375 e. The molecule has 2 nitrogen and oxygen atoms in total. The summed E-state index contributed by atoms with van der Waals surface area (Å²) in [5.41, 5.74) is 2.61. The lowest BCUT2D eigenvalue weighted by Crippen LogP contribution is -2.55. The second-order valence-electron chi connectivity index (χ2n) is 15.9. The van der Waals surface area contributed by atoms with Crippen molar-refractivity contribution in [2.24, 2.45) is 45.3 Å². The quantitative estimate of drug-likeness (QED) is 0.350. The molecule has 8 atom stereocenters. The summed E-state index contributed by atoms with van der Waals surface area (Å²) in [7, 11) is 0. The lowest BCUT2D eigenvalue weighted by Gasteiger charge is -2.60. The van der Waals surface area contributed by atoms with Crippen molar-refractivity contribution < 1.29 is 9.47 Å². The zero-order valence-corrected chi connectivity index (χ0v) is 24.0. The van der Waals surface area contributed by atoms with Crippen LogP contribution in [0.3, 0.4) is 0 Å². The Balaban J connectivity index is 0.000000142. The van der Waals surface area contributed by atoms with Gasteiger partial charge in [-0.1, -0.05) is 54.4 Å². The summed E-state index contributed by atoms with van der Waals surface area (Å²) >= 11 is 0. The molecule has 4 unspecified atom stereocenters. The fourth-order valence-corrected chi connectivity index (χ4v) is 11.6. The highest BCUT2D eigenvalue weighted by Gasteiger charge is 2.61. The van der Waals surface area contributed by atoms with Crippen LogP contribution in [0.1, 0.15) is 132 Å². The number of rotatable bonds is 0. The lowest BCUT2D eigenvalue weighted by atomic mass is 9.45.